The number of benzene rings is 2. The third kappa shape index (κ3) is 7.40. The number of Topliss-reactive ketones (excluding diaryl/α,β-unsaturated/α-hetero) is 1. The molecule has 0 heterocycles. The first-order chi connectivity index (χ1) is 14.4. The summed E-state index contributed by atoms with van der Waals surface area (Å²) in [5.41, 5.74) is 1.44. The SMILES string of the molecule is CCN(CC)CCNC(=O)c1ccc(NC(=O)CCC(=O)c2ccc(F)cc2)cc1. The quantitative estimate of drug-likeness (QED) is 0.553. The van der Waals surface area contributed by atoms with E-state index < -0.39 is 5.82 Å². The van der Waals surface area contributed by atoms with Crippen LogP contribution in [0.5, 0.6) is 0 Å². The van der Waals surface area contributed by atoms with E-state index in [2.05, 4.69) is 29.4 Å². The predicted molar refractivity (Wildman–Crippen MR) is 115 cm³/mol. The number of likely N-dealkylation sites (N-methyl/N-ethyl adjacent to an activating group) is 1. The average Bonchev–Trinajstić information content (AvgIpc) is 2.76. The summed E-state index contributed by atoms with van der Waals surface area (Å²) in [5, 5.41) is 5.59. The van der Waals surface area contributed by atoms with Gasteiger partial charge in [0, 0.05) is 42.7 Å². The first kappa shape index (κ1) is 23.2. The molecule has 2 rings (SSSR count). The van der Waals surface area contributed by atoms with Crippen LogP contribution in [-0.2, 0) is 4.79 Å². The first-order valence-corrected chi connectivity index (χ1v) is 10.1. The fourth-order valence-corrected chi connectivity index (χ4v) is 2.91. The molecule has 0 bridgehead atoms. The maximum absolute atomic E-state index is 12.9. The highest BCUT2D eigenvalue weighted by Crippen LogP contribution is 2.12. The Bertz CT molecular complexity index is 847. The highest BCUT2D eigenvalue weighted by molar-refractivity contribution is 6.00. The molecule has 6 nitrogen and oxygen atoms in total. The molecule has 2 aromatic rings. The summed E-state index contributed by atoms with van der Waals surface area (Å²) in [6.45, 7) is 7.41. The van der Waals surface area contributed by atoms with Crippen LogP contribution in [-0.4, -0.2) is 48.7 Å². The van der Waals surface area contributed by atoms with Crippen LogP contribution in [0.4, 0.5) is 10.1 Å². The Labute approximate surface area is 176 Å². The van der Waals surface area contributed by atoms with Crippen molar-refractivity contribution in [3.63, 3.8) is 0 Å². The van der Waals surface area contributed by atoms with Crippen molar-refractivity contribution in [1.82, 2.24) is 10.2 Å². The van der Waals surface area contributed by atoms with Crippen molar-refractivity contribution in [1.29, 1.82) is 0 Å². The molecule has 2 N–H and O–H groups in total. The van der Waals surface area contributed by atoms with E-state index in [0.29, 0.717) is 23.4 Å². The van der Waals surface area contributed by atoms with Crippen LogP contribution in [0.15, 0.2) is 48.5 Å². The molecule has 2 aromatic carbocycles. The largest absolute Gasteiger partial charge is 0.351 e. The van der Waals surface area contributed by atoms with Gasteiger partial charge >= 0.3 is 0 Å². The van der Waals surface area contributed by atoms with Crippen molar-refractivity contribution < 1.29 is 18.8 Å². The Kier molecular flexibility index (Phi) is 9.15. The van der Waals surface area contributed by atoms with E-state index in [0.717, 1.165) is 19.6 Å². The van der Waals surface area contributed by atoms with Gasteiger partial charge in [-0.1, -0.05) is 13.8 Å². The van der Waals surface area contributed by atoms with Gasteiger partial charge < -0.3 is 15.5 Å². The summed E-state index contributed by atoms with van der Waals surface area (Å²) in [6.07, 6.45) is 0.0499. The molecule has 0 spiro atoms. The normalized spacial score (nSPS) is 10.7. The highest BCUT2D eigenvalue weighted by atomic mass is 19.1. The molecule has 0 radical (unpaired) electrons. The number of carbonyl (C=O) groups excluding carboxylic acids is 3. The maximum atomic E-state index is 12.9. The van der Waals surface area contributed by atoms with E-state index in [-0.39, 0.29) is 30.4 Å². The average molecular weight is 413 g/mol. The van der Waals surface area contributed by atoms with Crippen LogP contribution >= 0.6 is 0 Å². The second-order valence-corrected chi connectivity index (χ2v) is 6.84. The van der Waals surface area contributed by atoms with E-state index >= 15 is 0 Å². The maximum Gasteiger partial charge on any atom is 0.251 e. The van der Waals surface area contributed by atoms with E-state index in [1.54, 1.807) is 24.3 Å². The lowest BCUT2D eigenvalue weighted by atomic mass is 10.1. The topological polar surface area (TPSA) is 78.5 Å². The van der Waals surface area contributed by atoms with Gasteiger partial charge in [0.25, 0.3) is 5.91 Å². The summed E-state index contributed by atoms with van der Waals surface area (Å²) in [5.74, 6) is -1.10. The van der Waals surface area contributed by atoms with Crippen molar-refractivity contribution >= 4 is 23.3 Å². The zero-order chi connectivity index (χ0) is 21.9. The Morgan fingerprint density at radius 2 is 1.47 bits per heavy atom. The fourth-order valence-electron chi connectivity index (χ4n) is 2.91. The molecule has 0 unspecified atom stereocenters. The molecular weight excluding hydrogens is 385 g/mol. The molecule has 0 fully saturated rings. The zero-order valence-electron chi connectivity index (χ0n) is 17.4. The number of hydrogen-bond acceptors (Lipinski definition) is 4. The third-order valence-electron chi connectivity index (χ3n) is 4.78. The molecule has 0 aromatic heterocycles. The van der Waals surface area contributed by atoms with Gasteiger partial charge in [-0.2, -0.15) is 0 Å². The molecule has 7 heteroatoms. The minimum atomic E-state index is -0.412. The summed E-state index contributed by atoms with van der Waals surface area (Å²) in [6, 6.07) is 11.8. The van der Waals surface area contributed by atoms with Gasteiger partial charge in [0.05, 0.1) is 0 Å². The molecule has 0 aliphatic rings. The molecule has 0 saturated heterocycles. The number of halogens is 1. The Morgan fingerprint density at radius 1 is 0.867 bits per heavy atom. The standard InChI is InChI=1S/C23H28FN3O3/c1-3-27(4-2)16-15-25-23(30)18-7-11-20(12-8-18)26-22(29)14-13-21(28)17-5-9-19(24)10-6-17/h5-12H,3-4,13-16H2,1-2H3,(H,25,30)(H,26,29). The van der Waals surface area contributed by atoms with Crippen molar-refractivity contribution in [2.75, 3.05) is 31.5 Å². The predicted octanol–water partition coefficient (Wildman–Crippen LogP) is 3.50. The monoisotopic (exact) mass is 413 g/mol. The molecule has 0 aliphatic carbocycles. The summed E-state index contributed by atoms with van der Waals surface area (Å²) < 4.78 is 12.9. The van der Waals surface area contributed by atoms with Gasteiger partial charge in [-0.15, -0.1) is 0 Å². The number of nitrogens with one attached hydrogen (secondary N) is 2. The molecular formula is C23H28FN3O3. The van der Waals surface area contributed by atoms with E-state index in [1.807, 2.05) is 0 Å². The van der Waals surface area contributed by atoms with Gasteiger partial charge in [0.15, 0.2) is 5.78 Å². The van der Waals surface area contributed by atoms with Crippen LogP contribution < -0.4 is 10.6 Å². The number of amides is 2. The van der Waals surface area contributed by atoms with Crippen molar-refractivity contribution in [2.45, 2.75) is 26.7 Å². The first-order valence-electron chi connectivity index (χ1n) is 10.1. The van der Waals surface area contributed by atoms with Gasteiger partial charge in [-0.3, -0.25) is 14.4 Å². The number of carbonyl (C=O) groups is 3. The second-order valence-electron chi connectivity index (χ2n) is 6.84. The van der Waals surface area contributed by atoms with Crippen molar-refractivity contribution in [3.8, 4) is 0 Å². The lowest BCUT2D eigenvalue weighted by molar-refractivity contribution is -0.116. The Hall–Kier alpha value is -3.06. The molecule has 30 heavy (non-hydrogen) atoms. The van der Waals surface area contributed by atoms with Gasteiger partial charge in [0.2, 0.25) is 5.91 Å². The smallest absolute Gasteiger partial charge is 0.251 e. The minimum absolute atomic E-state index is 0.0177. The molecule has 2 amide bonds. The third-order valence-corrected chi connectivity index (χ3v) is 4.78. The molecule has 0 atom stereocenters. The number of hydrogen-bond donors (Lipinski definition) is 2. The Balaban J connectivity index is 1.77. The van der Waals surface area contributed by atoms with E-state index in [1.165, 1.54) is 24.3 Å². The number of anilines is 1. The molecule has 160 valence electrons. The van der Waals surface area contributed by atoms with E-state index in [9.17, 15) is 18.8 Å². The summed E-state index contributed by atoms with van der Waals surface area (Å²) in [4.78, 5) is 38.5. The Morgan fingerprint density at radius 3 is 2.07 bits per heavy atom. The second kappa shape index (κ2) is 11.8. The molecule has 0 aliphatic heterocycles. The lowest BCUT2D eigenvalue weighted by Crippen LogP contribution is -2.34. The van der Waals surface area contributed by atoms with Crippen molar-refractivity contribution in [2.24, 2.45) is 0 Å². The summed E-state index contributed by atoms with van der Waals surface area (Å²) >= 11 is 0. The highest BCUT2D eigenvalue weighted by Gasteiger charge is 2.11. The summed E-state index contributed by atoms with van der Waals surface area (Å²) in [7, 11) is 0. The van der Waals surface area contributed by atoms with Crippen molar-refractivity contribution in [3.05, 3.63) is 65.5 Å². The lowest BCUT2D eigenvalue weighted by Gasteiger charge is -2.18. The van der Waals surface area contributed by atoms with Crippen LogP contribution in [0.3, 0.4) is 0 Å². The van der Waals surface area contributed by atoms with Crippen LogP contribution in [0.25, 0.3) is 0 Å². The fraction of sp³-hybridized carbons (Fsp3) is 0.348. The minimum Gasteiger partial charge on any atom is -0.351 e. The molecule has 0 saturated carbocycles. The van der Waals surface area contributed by atoms with Crippen LogP contribution in [0, 0.1) is 5.82 Å². The van der Waals surface area contributed by atoms with Gasteiger partial charge in [-0.05, 0) is 61.6 Å². The zero-order valence-corrected chi connectivity index (χ0v) is 17.4. The number of ketones is 1. The van der Waals surface area contributed by atoms with Gasteiger partial charge in [-0.25, -0.2) is 4.39 Å². The van der Waals surface area contributed by atoms with Gasteiger partial charge in [0.1, 0.15) is 5.82 Å². The van der Waals surface area contributed by atoms with Crippen LogP contribution in [0.1, 0.15) is 47.4 Å². The van der Waals surface area contributed by atoms with E-state index in [4.69, 9.17) is 0 Å². The van der Waals surface area contributed by atoms with Crippen LogP contribution in [0.2, 0.25) is 0 Å². The number of nitrogens with zero attached hydrogens (tertiary/aromatic N) is 1. The number of rotatable bonds is 11.